The average molecular weight is 339 g/mol. The van der Waals surface area contributed by atoms with Gasteiger partial charge in [-0.15, -0.1) is 0 Å². The van der Waals surface area contributed by atoms with Crippen molar-refractivity contribution in [3.05, 3.63) is 47.8 Å². The van der Waals surface area contributed by atoms with Crippen molar-refractivity contribution in [3.63, 3.8) is 0 Å². The molecule has 1 N–H and O–H groups in total. The van der Waals surface area contributed by atoms with Crippen molar-refractivity contribution in [3.8, 4) is 6.07 Å². The van der Waals surface area contributed by atoms with Crippen molar-refractivity contribution in [2.75, 3.05) is 18.6 Å². The SMILES string of the molecule is CP(C)(=O)c1ccc(Nc2cc(C(F)(F)F)cnc2C#N)cc1. The van der Waals surface area contributed by atoms with E-state index in [1.807, 2.05) is 0 Å². The van der Waals surface area contributed by atoms with Crippen molar-refractivity contribution in [2.24, 2.45) is 0 Å². The lowest BCUT2D eigenvalue weighted by molar-refractivity contribution is -0.137. The number of benzene rings is 1. The van der Waals surface area contributed by atoms with E-state index in [0.717, 1.165) is 6.07 Å². The van der Waals surface area contributed by atoms with E-state index in [0.29, 0.717) is 17.2 Å². The minimum absolute atomic E-state index is 0.0359. The lowest BCUT2D eigenvalue weighted by atomic mass is 10.2. The second-order valence-electron chi connectivity index (χ2n) is 5.25. The largest absolute Gasteiger partial charge is 0.417 e. The quantitative estimate of drug-likeness (QED) is 0.860. The monoisotopic (exact) mass is 339 g/mol. The zero-order chi connectivity index (χ0) is 17.3. The number of halogens is 3. The Labute approximate surface area is 131 Å². The fraction of sp³-hybridized carbons (Fsp3) is 0.200. The third kappa shape index (κ3) is 4.11. The first-order valence-corrected chi connectivity index (χ1v) is 9.11. The summed E-state index contributed by atoms with van der Waals surface area (Å²) >= 11 is 0. The molecule has 1 heterocycles. The van der Waals surface area contributed by atoms with Gasteiger partial charge in [0.2, 0.25) is 0 Å². The van der Waals surface area contributed by atoms with Crippen molar-refractivity contribution >= 4 is 23.8 Å². The first-order chi connectivity index (χ1) is 10.6. The highest BCUT2D eigenvalue weighted by atomic mass is 31.2. The topological polar surface area (TPSA) is 65.8 Å². The molecule has 2 aromatic rings. The molecule has 0 aliphatic rings. The van der Waals surface area contributed by atoms with Crippen LogP contribution in [-0.2, 0) is 10.7 Å². The van der Waals surface area contributed by atoms with E-state index in [1.54, 1.807) is 43.7 Å². The van der Waals surface area contributed by atoms with Gasteiger partial charge >= 0.3 is 6.18 Å². The van der Waals surface area contributed by atoms with Crippen LogP contribution in [0.25, 0.3) is 0 Å². The second kappa shape index (κ2) is 6.05. The highest BCUT2D eigenvalue weighted by molar-refractivity contribution is 7.70. The molecule has 23 heavy (non-hydrogen) atoms. The number of hydrogen-bond donors (Lipinski definition) is 1. The Morgan fingerprint density at radius 3 is 2.30 bits per heavy atom. The summed E-state index contributed by atoms with van der Waals surface area (Å²) in [7, 11) is -2.41. The lowest BCUT2D eigenvalue weighted by Gasteiger charge is -2.12. The molecule has 1 aromatic carbocycles. The Morgan fingerprint density at radius 2 is 1.83 bits per heavy atom. The Kier molecular flexibility index (Phi) is 4.49. The molecule has 120 valence electrons. The molecule has 0 spiro atoms. The lowest BCUT2D eigenvalue weighted by Crippen LogP contribution is -2.08. The minimum Gasteiger partial charge on any atom is -0.353 e. The number of rotatable bonds is 3. The zero-order valence-electron chi connectivity index (χ0n) is 12.3. The van der Waals surface area contributed by atoms with Gasteiger partial charge in [0, 0.05) is 17.2 Å². The van der Waals surface area contributed by atoms with E-state index in [-0.39, 0.29) is 11.4 Å². The van der Waals surface area contributed by atoms with Crippen LogP contribution in [0.4, 0.5) is 24.5 Å². The number of alkyl halides is 3. The van der Waals surface area contributed by atoms with Gasteiger partial charge in [0.15, 0.2) is 5.69 Å². The molecule has 0 saturated carbocycles. The molecule has 2 rings (SSSR count). The normalized spacial score (nSPS) is 11.8. The predicted molar refractivity (Wildman–Crippen MR) is 82.8 cm³/mol. The number of nitriles is 1. The van der Waals surface area contributed by atoms with E-state index in [9.17, 15) is 17.7 Å². The third-order valence-corrected chi connectivity index (χ3v) is 4.63. The molecule has 0 fully saturated rings. The summed E-state index contributed by atoms with van der Waals surface area (Å²) in [5, 5.41) is 12.4. The molecule has 0 bridgehead atoms. The number of pyridine rings is 1. The van der Waals surface area contributed by atoms with Crippen molar-refractivity contribution in [1.82, 2.24) is 4.98 Å². The molecule has 4 nitrogen and oxygen atoms in total. The van der Waals surface area contributed by atoms with Crippen LogP contribution in [0.2, 0.25) is 0 Å². The van der Waals surface area contributed by atoms with E-state index in [2.05, 4.69) is 10.3 Å². The molecule has 8 heteroatoms. The van der Waals surface area contributed by atoms with Gasteiger partial charge in [-0.1, -0.05) is 0 Å². The second-order valence-corrected chi connectivity index (χ2v) is 8.47. The Morgan fingerprint density at radius 1 is 1.22 bits per heavy atom. The molecule has 1 aromatic heterocycles. The smallest absolute Gasteiger partial charge is 0.353 e. The van der Waals surface area contributed by atoms with Gasteiger partial charge in [0.25, 0.3) is 0 Å². The molecule has 0 aliphatic heterocycles. The van der Waals surface area contributed by atoms with Crippen molar-refractivity contribution in [1.29, 1.82) is 5.26 Å². The van der Waals surface area contributed by atoms with Crippen LogP contribution in [0, 0.1) is 11.3 Å². The molecule has 0 saturated heterocycles. The van der Waals surface area contributed by atoms with Gasteiger partial charge in [0.1, 0.15) is 13.2 Å². The molecule has 0 atom stereocenters. The van der Waals surface area contributed by atoms with Gasteiger partial charge < -0.3 is 9.88 Å². The Hall–Kier alpha value is -2.32. The summed E-state index contributed by atoms with van der Waals surface area (Å²) in [6.07, 6.45) is -3.92. The molecular formula is C15H13F3N3OP. The number of anilines is 2. The van der Waals surface area contributed by atoms with Crippen LogP contribution >= 0.6 is 7.14 Å². The van der Waals surface area contributed by atoms with Crippen LogP contribution in [0.15, 0.2) is 36.5 Å². The zero-order valence-corrected chi connectivity index (χ0v) is 13.2. The van der Waals surface area contributed by atoms with E-state index in [4.69, 9.17) is 5.26 Å². The van der Waals surface area contributed by atoms with Gasteiger partial charge in [-0.05, 0) is 43.7 Å². The summed E-state index contributed by atoms with van der Waals surface area (Å²) in [5.74, 6) is 0. The minimum atomic E-state index is -4.54. The van der Waals surface area contributed by atoms with Crippen LogP contribution in [0.1, 0.15) is 11.3 Å². The number of hydrogen-bond acceptors (Lipinski definition) is 4. The van der Waals surface area contributed by atoms with Crippen molar-refractivity contribution in [2.45, 2.75) is 6.18 Å². The highest BCUT2D eigenvalue weighted by Crippen LogP contribution is 2.35. The summed E-state index contributed by atoms with van der Waals surface area (Å²) in [5.41, 5.74) is -0.646. The van der Waals surface area contributed by atoms with E-state index < -0.39 is 18.9 Å². The summed E-state index contributed by atoms with van der Waals surface area (Å²) in [6, 6.07) is 9.04. The first kappa shape index (κ1) is 17.0. The maximum absolute atomic E-state index is 12.7. The summed E-state index contributed by atoms with van der Waals surface area (Å²) in [4.78, 5) is 3.53. The number of nitrogens with zero attached hydrogens (tertiary/aromatic N) is 2. The van der Waals surface area contributed by atoms with Gasteiger partial charge in [-0.25, -0.2) is 4.98 Å². The summed E-state index contributed by atoms with van der Waals surface area (Å²) < 4.78 is 50.2. The van der Waals surface area contributed by atoms with Crippen LogP contribution < -0.4 is 10.6 Å². The van der Waals surface area contributed by atoms with Gasteiger partial charge in [-0.2, -0.15) is 18.4 Å². The van der Waals surface area contributed by atoms with E-state index in [1.165, 1.54) is 0 Å². The number of nitrogens with one attached hydrogen (secondary N) is 1. The fourth-order valence-electron chi connectivity index (χ4n) is 1.86. The van der Waals surface area contributed by atoms with E-state index >= 15 is 0 Å². The maximum Gasteiger partial charge on any atom is 0.417 e. The van der Waals surface area contributed by atoms with Crippen LogP contribution in [-0.4, -0.2) is 18.3 Å². The highest BCUT2D eigenvalue weighted by Gasteiger charge is 2.31. The molecule has 0 unspecified atom stereocenters. The molecule has 0 amide bonds. The van der Waals surface area contributed by atoms with Gasteiger partial charge in [-0.3, -0.25) is 0 Å². The Bertz CT molecular complexity index is 804. The molecule has 0 radical (unpaired) electrons. The molecule has 0 aliphatic carbocycles. The fourth-order valence-corrected chi connectivity index (χ4v) is 2.73. The van der Waals surface area contributed by atoms with Crippen LogP contribution in [0.3, 0.4) is 0 Å². The predicted octanol–water partition coefficient (Wildman–Crippen LogP) is 3.96. The number of aromatic nitrogens is 1. The van der Waals surface area contributed by atoms with Crippen LogP contribution in [0.5, 0.6) is 0 Å². The standard InChI is InChI=1S/C15H13F3N3OP/c1-23(2,22)12-5-3-11(4-6-12)21-13-7-10(15(16,17)18)9-20-14(13)8-19/h3-7,9,21H,1-2H3. The van der Waals surface area contributed by atoms with Crippen molar-refractivity contribution < 1.29 is 17.7 Å². The third-order valence-electron chi connectivity index (χ3n) is 3.09. The summed E-state index contributed by atoms with van der Waals surface area (Å²) in [6.45, 7) is 3.25. The van der Waals surface area contributed by atoms with Gasteiger partial charge in [0.05, 0.1) is 11.3 Å². The Balaban J connectivity index is 2.36. The first-order valence-electron chi connectivity index (χ1n) is 6.51. The molecular weight excluding hydrogens is 326 g/mol. The average Bonchev–Trinajstić information content (AvgIpc) is 2.46. The maximum atomic E-state index is 12.7.